The first-order valence-electron chi connectivity index (χ1n) is 14.2. The molecule has 0 radical (unpaired) electrons. The first-order valence-corrected chi connectivity index (χ1v) is 15.0. The third-order valence-corrected chi connectivity index (χ3v) is 8.13. The number of ether oxygens (including phenoxy) is 3. The number of amides is 1. The van der Waals surface area contributed by atoms with Gasteiger partial charge in [0.15, 0.2) is 5.69 Å². The minimum absolute atomic E-state index is 0.00183. The molecule has 1 aliphatic heterocycles. The Labute approximate surface area is 251 Å². The Balaban J connectivity index is 1.50. The molecule has 3 aromatic heterocycles. The molecular formula is C30H34FN5O6S. The van der Waals surface area contributed by atoms with E-state index in [4.69, 9.17) is 19.2 Å². The average Bonchev–Trinajstić information content (AvgIpc) is 3.61. The first kappa shape index (κ1) is 30.4. The lowest BCUT2D eigenvalue weighted by Crippen LogP contribution is -2.49. The molecule has 1 aliphatic rings. The van der Waals surface area contributed by atoms with E-state index in [1.165, 1.54) is 35.0 Å². The van der Waals surface area contributed by atoms with Crippen molar-refractivity contribution in [1.82, 2.24) is 23.8 Å². The van der Waals surface area contributed by atoms with Crippen molar-refractivity contribution >= 4 is 29.0 Å². The van der Waals surface area contributed by atoms with Crippen LogP contribution in [0.15, 0.2) is 41.6 Å². The smallest absolute Gasteiger partial charge is 0.338 e. The zero-order valence-corrected chi connectivity index (χ0v) is 25.4. The largest absolute Gasteiger partial charge is 0.486 e. The number of methoxy groups -OCH3 is 1. The SMILES string of the molecule is CCCCOc1c(-c2ncc(Cc3ccc(F)cc3C(=O)OC)s2)nc2n(CC(=O)N3C[C@H](C)O[C@@H](C)C3)ccn2c1=O. The van der Waals surface area contributed by atoms with Gasteiger partial charge in [0.1, 0.15) is 17.4 Å². The number of halogens is 1. The highest BCUT2D eigenvalue weighted by atomic mass is 32.1. The molecule has 11 nitrogen and oxygen atoms in total. The van der Waals surface area contributed by atoms with Crippen LogP contribution in [0.5, 0.6) is 5.75 Å². The normalized spacial score (nSPS) is 16.9. The number of esters is 1. The highest BCUT2D eigenvalue weighted by molar-refractivity contribution is 7.15. The third kappa shape index (κ3) is 6.62. The molecule has 1 aromatic carbocycles. The van der Waals surface area contributed by atoms with Gasteiger partial charge in [0.25, 0.3) is 0 Å². The van der Waals surface area contributed by atoms with Gasteiger partial charge in [0.05, 0.1) is 31.5 Å². The summed E-state index contributed by atoms with van der Waals surface area (Å²) in [5.74, 6) is -0.920. The summed E-state index contributed by atoms with van der Waals surface area (Å²) >= 11 is 1.28. The zero-order valence-electron chi connectivity index (χ0n) is 24.5. The number of nitrogens with zero attached hydrogens (tertiary/aromatic N) is 5. The number of carbonyl (C=O) groups excluding carboxylic acids is 2. The van der Waals surface area contributed by atoms with E-state index >= 15 is 0 Å². The molecule has 4 heterocycles. The lowest BCUT2D eigenvalue weighted by Gasteiger charge is -2.35. The number of morpholine rings is 1. The van der Waals surface area contributed by atoms with Crippen LogP contribution >= 0.6 is 11.3 Å². The molecule has 0 spiro atoms. The van der Waals surface area contributed by atoms with E-state index in [1.54, 1.807) is 28.1 Å². The van der Waals surface area contributed by atoms with Gasteiger partial charge in [-0.05, 0) is 38.0 Å². The van der Waals surface area contributed by atoms with Gasteiger partial charge in [-0.2, -0.15) is 0 Å². The van der Waals surface area contributed by atoms with Crippen molar-refractivity contribution < 1.29 is 28.2 Å². The number of benzene rings is 1. The monoisotopic (exact) mass is 611 g/mol. The van der Waals surface area contributed by atoms with Crippen molar-refractivity contribution in [3.63, 3.8) is 0 Å². The number of rotatable bonds is 10. The summed E-state index contributed by atoms with van der Waals surface area (Å²) in [6, 6.07) is 3.97. The number of imidazole rings is 1. The number of hydrogen-bond acceptors (Lipinski definition) is 9. The molecule has 0 bridgehead atoms. The predicted molar refractivity (Wildman–Crippen MR) is 158 cm³/mol. The second-order valence-electron chi connectivity index (χ2n) is 10.6. The van der Waals surface area contributed by atoms with Gasteiger partial charge in [-0.25, -0.2) is 23.6 Å². The fourth-order valence-corrected chi connectivity index (χ4v) is 6.01. The summed E-state index contributed by atoms with van der Waals surface area (Å²) in [4.78, 5) is 51.0. The molecule has 1 saturated heterocycles. The highest BCUT2D eigenvalue weighted by Gasteiger charge is 2.27. The Hall–Kier alpha value is -4.10. The molecule has 5 rings (SSSR count). The van der Waals surface area contributed by atoms with Gasteiger partial charge < -0.3 is 23.7 Å². The summed E-state index contributed by atoms with van der Waals surface area (Å²) in [5.41, 5.74) is 0.570. The molecule has 4 aromatic rings. The molecule has 228 valence electrons. The van der Waals surface area contributed by atoms with Gasteiger partial charge in [0, 0.05) is 43.0 Å². The van der Waals surface area contributed by atoms with Gasteiger partial charge in [0.2, 0.25) is 17.4 Å². The van der Waals surface area contributed by atoms with Gasteiger partial charge >= 0.3 is 11.5 Å². The van der Waals surface area contributed by atoms with Crippen LogP contribution in [0.2, 0.25) is 0 Å². The summed E-state index contributed by atoms with van der Waals surface area (Å²) in [5, 5.41) is 0.442. The molecule has 0 N–H and O–H groups in total. The van der Waals surface area contributed by atoms with E-state index in [1.807, 2.05) is 20.8 Å². The summed E-state index contributed by atoms with van der Waals surface area (Å²) in [7, 11) is 1.24. The van der Waals surface area contributed by atoms with Crippen molar-refractivity contribution in [1.29, 1.82) is 0 Å². The molecule has 1 fully saturated rings. The summed E-state index contributed by atoms with van der Waals surface area (Å²) in [6.07, 6.45) is 6.65. The second-order valence-corrected chi connectivity index (χ2v) is 11.7. The highest BCUT2D eigenvalue weighted by Crippen LogP contribution is 2.31. The van der Waals surface area contributed by atoms with Crippen LogP contribution in [0.3, 0.4) is 0 Å². The van der Waals surface area contributed by atoms with Crippen LogP contribution in [-0.4, -0.2) is 74.7 Å². The van der Waals surface area contributed by atoms with Gasteiger partial charge in [-0.3, -0.25) is 9.59 Å². The number of aromatic nitrogens is 4. The summed E-state index contributed by atoms with van der Waals surface area (Å²) < 4.78 is 33.4. The molecule has 43 heavy (non-hydrogen) atoms. The van der Waals surface area contributed by atoms with Crippen molar-refractivity contribution in [2.75, 3.05) is 26.8 Å². The standard InChI is InChI=1S/C30H34FN5O6S/c1-5-6-11-41-26-25(27-32-14-22(43-27)12-20-7-8-21(31)13-23(20)29(39)40-4)33-30-34(9-10-36(30)28(26)38)17-24(37)35-15-18(2)42-19(3)16-35/h7-10,13-14,18-19H,5-6,11-12,15-17H2,1-4H3/t18-,19-/m0/s1. The van der Waals surface area contributed by atoms with E-state index in [9.17, 15) is 18.8 Å². The first-order chi connectivity index (χ1) is 20.7. The minimum atomic E-state index is -0.637. The van der Waals surface area contributed by atoms with Crippen LogP contribution in [0.4, 0.5) is 4.39 Å². The number of hydrogen-bond donors (Lipinski definition) is 0. The van der Waals surface area contributed by atoms with Crippen LogP contribution in [0.1, 0.15) is 54.4 Å². The zero-order chi connectivity index (χ0) is 30.7. The lowest BCUT2D eigenvalue weighted by atomic mass is 10.0. The molecule has 0 saturated carbocycles. The molecule has 1 amide bonds. The van der Waals surface area contributed by atoms with E-state index in [0.29, 0.717) is 30.3 Å². The maximum absolute atomic E-state index is 13.9. The quantitative estimate of drug-likeness (QED) is 0.196. The average molecular weight is 612 g/mol. The topological polar surface area (TPSA) is 117 Å². The molecule has 0 aliphatic carbocycles. The molecule has 2 atom stereocenters. The Morgan fingerprint density at radius 1 is 1.19 bits per heavy atom. The van der Waals surface area contributed by atoms with Crippen LogP contribution in [0.25, 0.3) is 16.5 Å². The molecule has 0 unspecified atom stereocenters. The van der Waals surface area contributed by atoms with Crippen molar-refractivity contribution in [3.8, 4) is 16.5 Å². The lowest BCUT2D eigenvalue weighted by molar-refractivity contribution is -0.143. The van der Waals surface area contributed by atoms with Gasteiger partial charge in [-0.15, -0.1) is 11.3 Å². The predicted octanol–water partition coefficient (Wildman–Crippen LogP) is 3.95. The van der Waals surface area contributed by atoms with Crippen molar-refractivity contribution in [2.45, 2.75) is 58.8 Å². The maximum atomic E-state index is 13.9. The third-order valence-electron chi connectivity index (χ3n) is 7.13. The fourth-order valence-electron chi connectivity index (χ4n) is 5.09. The maximum Gasteiger partial charge on any atom is 0.338 e. The van der Waals surface area contributed by atoms with Crippen LogP contribution < -0.4 is 10.3 Å². The minimum Gasteiger partial charge on any atom is -0.486 e. The Kier molecular flexibility index (Phi) is 9.21. The number of thiazole rings is 1. The van der Waals surface area contributed by atoms with Gasteiger partial charge in [-0.1, -0.05) is 19.4 Å². The molecular weight excluding hydrogens is 577 g/mol. The van der Waals surface area contributed by atoms with Crippen molar-refractivity contribution in [3.05, 3.63) is 69.0 Å². The van der Waals surface area contributed by atoms with E-state index in [2.05, 4.69) is 4.98 Å². The Bertz CT molecular complexity index is 1690. The van der Waals surface area contributed by atoms with E-state index < -0.39 is 17.3 Å². The summed E-state index contributed by atoms with van der Waals surface area (Å²) in [6.45, 7) is 7.20. The van der Waals surface area contributed by atoms with E-state index in [0.717, 1.165) is 23.8 Å². The Morgan fingerprint density at radius 3 is 2.67 bits per heavy atom. The van der Waals surface area contributed by atoms with Crippen LogP contribution in [0, 0.1) is 5.82 Å². The molecule has 13 heteroatoms. The second kappa shape index (κ2) is 13.0. The number of fused-ring (bicyclic) bond motifs is 1. The fraction of sp³-hybridized carbons (Fsp3) is 0.433. The van der Waals surface area contributed by atoms with Crippen LogP contribution in [-0.2, 0) is 27.2 Å². The van der Waals surface area contributed by atoms with Crippen molar-refractivity contribution in [2.24, 2.45) is 0 Å². The number of carbonyl (C=O) groups is 2. The van der Waals surface area contributed by atoms with E-state index in [-0.39, 0.29) is 53.9 Å². The number of unbranched alkanes of at least 4 members (excludes halogenated alkanes) is 1. The Morgan fingerprint density at radius 2 is 1.95 bits per heavy atom.